The minimum absolute atomic E-state index is 0.0266. The lowest BCUT2D eigenvalue weighted by atomic mass is 10.0. The minimum atomic E-state index is -0.467. The summed E-state index contributed by atoms with van der Waals surface area (Å²) < 4.78 is 28.0. The van der Waals surface area contributed by atoms with E-state index in [-0.39, 0.29) is 18.3 Å². The Morgan fingerprint density at radius 2 is 1.87 bits per heavy atom. The Labute approximate surface area is 226 Å². The summed E-state index contributed by atoms with van der Waals surface area (Å²) in [6, 6.07) is 26.4. The Hall–Kier alpha value is -4.54. The monoisotopic (exact) mass is 518 g/mol. The maximum atomic E-state index is 14.2. The number of ether oxygens (including phenoxy) is 2. The van der Waals surface area contributed by atoms with Crippen molar-refractivity contribution in [1.82, 2.24) is 14.5 Å². The Balaban J connectivity index is 1.20. The van der Waals surface area contributed by atoms with Crippen molar-refractivity contribution in [3.05, 3.63) is 113 Å². The van der Waals surface area contributed by atoms with Gasteiger partial charge >= 0.3 is 0 Å². The van der Waals surface area contributed by atoms with Gasteiger partial charge in [-0.2, -0.15) is 5.26 Å². The van der Waals surface area contributed by atoms with Gasteiger partial charge in [-0.25, -0.2) is 14.4 Å². The molecule has 194 valence electrons. The normalized spacial score (nSPS) is 14.6. The zero-order chi connectivity index (χ0) is 26.8. The maximum absolute atomic E-state index is 14.2. The molecule has 0 N–H and O–H groups in total. The summed E-state index contributed by atoms with van der Waals surface area (Å²) in [4.78, 5) is 9.59. The molecule has 0 saturated carbocycles. The predicted molar refractivity (Wildman–Crippen MR) is 147 cm³/mol. The van der Waals surface area contributed by atoms with Gasteiger partial charge < -0.3 is 14.0 Å². The van der Waals surface area contributed by atoms with Crippen LogP contribution in [0.2, 0.25) is 0 Å². The van der Waals surface area contributed by atoms with Gasteiger partial charge in [-0.1, -0.05) is 36.4 Å². The number of hydrogen-bond acceptors (Lipinski definition) is 5. The Morgan fingerprint density at radius 3 is 2.64 bits per heavy atom. The van der Waals surface area contributed by atoms with Crippen molar-refractivity contribution >= 4 is 11.0 Å². The summed E-state index contributed by atoms with van der Waals surface area (Å²) in [7, 11) is 0. The molecule has 0 bridgehead atoms. The van der Waals surface area contributed by atoms with Crippen molar-refractivity contribution in [3.8, 4) is 23.2 Å². The van der Waals surface area contributed by atoms with Gasteiger partial charge in [0.15, 0.2) is 0 Å². The van der Waals surface area contributed by atoms with Crippen LogP contribution in [0, 0.1) is 24.1 Å². The SMILES string of the molecule is Cc1cc(-c2cccc(OCc3ccc(C#N)cc3F)n2)ccc1Cc1nc2ccccc2n1C[C@@H]1CCO1. The van der Waals surface area contributed by atoms with Crippen LogP contribution in [0.3, 0.4) is 0 Å². The molecule has 3 heterocycles. The first kappa shape index (κ1) is 24.8. The molecule has 0 amide bonds. The number of nitrogens with zero attached hydrogens (tertiary/aromatic N) is 4. The third-order valence-corrected chi connectivity index (χ3v) is 7.18. The topological polar surface area (TPSA) is 73.0 Å². The van der Waals surface area contributed by atoms with E-state index in [0.29, 0.717) is 11.4 Å². The highest BCUT2D eigenvalue weighted by Gasteiger charge is 2.22. The quantitative estimate of drug-likeness (QED) is 0.238. The third-order valence-electron chi connectivity index (χ3n) is 7.18. The predicted octanol–water partition coefficient (Wildman–Crippen LogP) is 6.38. The van der Waals surface area contributed by atoms with Crippen LogP contribution in [-0.4, -0.2) is 27.2 Å². The lowest BCUT2D eigenvalue weighted by Crippen LogP contribution is -2.31. The minimum Gasteiger partial charge on any atom is -0.473 e. The van der Waals surface area contributed by atoms with Crippen molar-refractivity contribution in [2.45, 2.75) is 39.0 Å². The molecule has 0 radical (unpaired) electrons. The van der Waals surface area contributed by atoms with E-state index in [4.69, 9.17) is 19.7 Å². The van der Waals surface area contributed by atoms with E-state index in [1.54, 1.807) is 18.2 Å². The van der Waals surface area contributed by atoms with E-state index in [1.165, 1.54) is 11.6 Å². The molecule has 3 aromatic carbocycles. The number of pyridine rings is 1. The summed E-state index contributed by atoms with van der Waals surface area (Å²) >= 11 is 0. The number of fused-ring (bicyclic) bond motifs is 1. The van der Waals surface area contributed by atoms with Crippen LogP contribution in [-0.2, 0) is 24.3 Å². The molecular formula is C32H27FN4O2. The summed E-state index contributed by atoms with van der Waals surface area (Å²) in [5, 5.41) is 8.93. The van der Waals surface area contributed by atoms with Crippen LogP contribution in [0.15, 0.2) is 78.9 Å². The van der Waals surface area contributed by atoms with Crippen LogP contribution in [0.5, 0.6) is 5.88 Å². The fraction of sp³-hybridized carbons (Fsp3) is 0.219. The average Bonchev–Trinajstić information content (AvgIpc) is 3.28. The van der Waals surface area contributed by atoms with Gasteiger partial charge in [-0.05, 0) is 60.9 Å². The van der Waals surface area contributed by atoms with Crippen LogP contribution >= 0.6 is 0 Å². The van der Waals surface area contributed by atoms with E-state index in [1.807, 2.05) is 24.3 Å². The molecule has 0 unspecified atom stereocenters. The molecule has 39 heavy (non-hydrogen) atoms. The van der Waals surface area contributed by atoms with Crippen molar-refractivity contribution in [2.75, 3.05) is 6.61 Å². The number of hydrogen-bond donors (Lipinski definition) is 0. The Kier molecular flexibility index (Phi) is 6.78. The number of para-hydroxylation sites is 2. The maximum Gasteiger partial charge on any atom is 0.214 e. The number of aromatic nitrogens is 3. The van der Waals surface area contributed by atoms with Gasteiger partial charge in [0.2, 0.25) is 5.88 Å². The number of nitriles is 1. The second-order valence-electron chi connectivity index (χ2n) is 9.79. The first-order valence-corrected chi connectivity index (χ1v) is 13.0. The van der Waals surface area contributed by atoms with Crippen molar-refractivity contribution in [3.63, 3.8) is 0 Å². The lowest BCUT2D eigenvalue weighted by Gasteiger charge is -2.27. The molecule has 1 aliphatic heterocycles. The highest BCUT2D eigenvalue weighted by atomic mass is 19.1. The number of halogens is 1. The number of imidazole rings is 1. The highest BCUT2D eigenvalue weighted by Crippen LogP contribution is 2.27. The summed E-state index contributed by atoms with van der Waals surface area (Å²) in [5.74, 6) is 0.973. The summed E-state index contributed by atoms with van der Waals surface area (Å²) in [6.45, 7) is 3.78. The van der Waals surface area contributed by atoms with Gasteiger partial charge in [0.05, 0.1) is 41.0 Å². The van der Waals surface area contributed by atoms with Gasteiger partial charge in [0.1, 0.15) is 18.2 Å². The highest BCUT2D eigenvalue weighted by molar-refractivity contribution is 5.76. The molecule has 1 saturated heterocycles. The fourth-order valence-corrected chi connectivity index (χ4v) is 4.86. The molecule has 7 heteroatoms. The smallest absolute Gasteiger partial charge is 0.214 e. The molecule has 6 nitrogen and oxygen atoms in total. The van der Waals surface area contributed by atoms with Gasteiger partial charge in [-0.3, -0.25) is 0 Å². The molecule has 0 spiro atoms. The van der Waals surface area contributed by atoms with Gasteiger partial charge in [-0.15, -0.1) is 0 Å². The van der Waals surface area contributed by atoms with Crippen LogP contribution in [0.1, 0.15) is 34.5 Å². The molecule has 1 atom stereocenters. The lowest BCUT2D eigenvalue weighted by molar-refractivity contribution is -0.0589. The van der Waals surface area contributed by atoms with Crippen molar-refractivity contribution in [2.24, 2.45) is 0 Å². The van der Waals surface area contributed by atoms with Crippen LogP contribution in [0.25, 0.3) is 22.3 Å². The van der Waals surface area contributed by atoms with Gasteiger partial charge in [0.25, 0.3) is 0 Å². The first-order chi connectivity index (χ1) is 19.1. The fourth-order valence-electron chi connectivity index (χ4n) is 4.86. The first-order valence-electron chi connectivity index (χ1n) is 13.0. The number of rotatable bonds is 8. The van der Waals surface area contributed by atoms with Crippen molar-refractivity contribution < 1.29 is 13.9 Å². The number of benzene rings is 3. The molecule has 1 fully saturated rings. The third kappa shape index (κ3) is 5.25. The zero-order valence-corrected chi connectivity index (χ0v) is 21.6. The largest absolute Gasteiger partial charge is 0.473 e. The van der Waals surface area contributed by atoms with Crippen LogP contribution in [0.4, 0.5) is 4.39 Å². The van der Waals surface area contributed by atoms with Crippen LogP contribution < -0.4 is 4.74 Å². The van der Waals surface area contributed by atoms with Gasteiger partial charge in [0, 0.05) is 30.2 Å². The molecule has 6 rings (SSSR count). The second kappa shape index (κ2) is 10.7. The van der Waals surface area contributed by atoms with E-state index in [0.717, 1.165) is 59.7 Å². The summed E-state index contributed by atoms with van der Waals surface area (Å²) in [6.07, 6.45) is 2.05. The second-order valence-corrected chi connectivity index (χ2v) is 9.79. The molecule has 1 aliphatic rings. The molecule has 2 aromatic heterocycles. The Bertz CT molecular complexity index is 1700. The average molecular weight is 519 g/mol. The molecule has 5 aromatic rings. The van der Waals surface area contributed by atoms with E-state index < -0.39 is 5.82 Å². The number of aryl methyl sites for hydroxylation is 1. The van der Waals surface area contributed by atoms with E-state index >= 15 is 0 Å². The van der Waals surface area contributed by atoms with E-state index in [2.05, 4.69) is 52.9 Å². The van der Waals surface area contributed by atoms with E-state index in [9.17, 15) is 4.39 Å². The zero-order valence-electron chi connectivity index (χ0n) is 21.6. The molecule has 0 aliphatic carbocycles. The Morgan fingerprint density at radius 1 is 1.03 bits per heavy atom. The standard InChI is InChI=1S/C32H27FN4O2/c1-21-15-24(28-6-4-8-32(36-28)39-20-25-10-9-22(18-34)16-27(25)33)12-11-23(21)17-31-35-29-5-2-3-7-30(29)37(31)19-26-13-14-38-26/h2-12,15-16,26H,13-14,17,19-20H2,1H3/t26-/m0/s1. The molecular weight excluding hydrogens is 491 g/mol. The van der Waals surface area contributed by atoms with Crippen molar-refractivity contribution in [1.29, 1.82) is 5.26 Å². The summed E-state index contributed by atoms with van der Waals surface area (Å²) in [5.41, 5.74) is 6.89.